The molecule has 1 aromatic carbocycles. The molecule has 1 aromatic rings. The van der Waals surface area contributed by atoms with Gasteiger partial charge in [-0.15, -0.1) is 0 Å². The van der Waals surface area contributed by atoms with E-state index >= 15 is 0 Å². The molecule has 1 fully saturated rings. The number of amides is 1. The maximum atomic E-state index is 11.6. The maximum Gasteiger partial charge on any atom is 0.407 e. The van der Waals surface area contributed by atoms with Crippen LogP contribution in [0.15, 0.2) is 24.3 Å². The molecule has 0 spiro atoms. The lowest BCUT2D eigenvalue weighted by Gasteiger charge is -2.30. The number of benzene rings is 1. The van der Waals surface area contributed by atoms with E-state index in [0.29, 0.717) is 12.0 Å². The first kappa shape index (κ1) is 19.3. The molecule has 2 rings (SSSR count). The van der Waals surface area contributed by atoms with Crippen LogP contribution in [0.3, 0.4) is 0 Å². The average molecular weight is 345 g/mol. The number of aliphatic hydroxyl groups is 2. The van der Waals surface area contributed by atoms with Crippen LogP contribution < -0.4 is 5.32 Å². The van der Waals surface area contributed by atoms with Crippen molar-refractivity contribution >= 4 is 6.09 Å². The van der Waals surface area contributed by atoms with Crippen LogP contribution in [0, 0.1) is 11.8 Å². The molecule has 0 heterocycles. The Balaban J connectivity index is 1.86. The second-order valence-corrected chi connectivity index (χ2v) is 7.58. The molecule has 0 aromatic heterocycles. The number of nitrogens with one attached hydrogen (secondary N) is 1. The molecular weight excluding hydrogens is 318 g/mol. The Labute approximate surface area is 149 Å². The standard InChI is InChI=1S/C20H27NO4/c1-19(2,3)21-18(23)25-13-9-17(22)16-7-4-6-15(14-16)8-12-20(24)10-5-11-20/h4,6-7,14,17,22,24H,5,9-11,13H2,1-3H3,(H,21,23). The second kappa shape index (κ2) is 7.90. The van der Waals surface area contributed by atoms with Crippen LogP contribution in [-0.2, 0) is 4.74 Å². The Kier molecular flexibility index (Phi) is 6.10. The molecule has 25 heavy (non-hydrogen) atoms. The molecule has 0 radical (unpaired) electrons. The molecule has 5 nitrogen and oxygen atoms in total. The van der Waals surface area contributed by atoms with Crippen molar-refractivity contribution in [2.24, 2.45) is 0 Å². The third-order valence-corrected chi connectivity index (χ3v) is 3.99. The van der Waals surface area contributed by atoms with E-state index < -0.39 is 17.8 Å². The van der Waals surface area contributed by atoms with Crippen molar-refractivity contribution in [3.8, 4) is 11.8 Å². The van der Waals surface area contributed by atoms with Gasteiger partial charge in [0.1, 0.15) is 5.60 Å². The molecule has 1 aliphatic carbocycles. The smallest absolute Gasteiger partial charge is 0.407 e. The largest absolute Gasteiger partial charge is 0.449 e. The Bertz CT molecular complexity index is 662. The number of alkyl carbamates (subject to hydrolysis) is 1. The van der Waals surface area contributed by atoms with Gasteiger partial charge in [-0.2, -0.15) is 0 Å². The molecule has 1 saturated carbocycles. The number of ether oxygens (including phenoxy) is 1. The minimum atomic E-state index is -0.844. The van der Waals surface area contributed by atoms with Crippen LogP contribution in [0.1, 0.15) is 63.7 Å². The SMILES string of the molecule is CC(C)(C)NC(=O)OCCC(O)c1cccc(C#CC2(O)CCC2)c1. The summed E-state index contributed by atoms with van der Waals surface area (Å²) in [7, 11) is 0. The zero-order valence-corrected chi connectivity index (χ0v) is 15.1. The summed E-state index contributed by atoms with van der Waals surface area (Å²) in [6.07, 6.45) is 1.52. The molecular formula is C20H27NO4. The third-order valence-electron chi connectivity index (χ3n) is 3.99. The van der Waals surface area contributed by atoms with Crippen molar-refractivity contribution in [1.29, 1.82) is 0 Å². The van der Waals surface area contributed by atoms with Crippen molar-refractivity contribution < 1.29 is 19.7 Å². The van der Waals surface area contributed by atoms with Crippen LogP contribution in [0.2, 0.25) is 0 Å². The molecule has 3 N–H and O–H groups in total. The van der Waals surface area contributed by atoms with Gasteiger partial charge in [0.25, 0.3) is 0 Å². The first-order valence-electron chi connectivity index (χ1n) is 8.65. The van der Waals surface area contributed by atoms with Crippen molar-refractivity contribution in [3.63, 3.8) is 0 Å². The highest BCUT2D eigenvalue weighted by Gasteiger charge is 2.32. The van der Waals surface area contributed by atoms with E-state index in [-0.39, 0.29) is 12.1 Å². The van der Waals surface area contributed by atoms with Crippen molar-refractivity contribution in [2.75, 3.05) is 6.61 Å². The summed E-state index contributed by atoms with van der Waals surface area (Å²) in [6, 6.07) is 7.27. The van der Waals surface area contributed by atoms with E-state index in [1.54, 1.807) is 6.07 Å². The lowest BCUT2D eigenvalue weighted by atomic mass is 9.81. The molecule has 5 heteroatoms. The fourth-order valence-electron chi connectivity index (χ4n) is 2.42. The fraction of sp³-hybridized carbons (Fsp3) is 0.550. The van der Waals surface area contributed by atoms with E-state index in [2.05, 4.69) is 17.2 Å². The number of rotatable bonds is 4. The van der Waals surface area contributed by atoms with Crippen LogP contribution in [0.25, 0.3) is 0 Å². The number of carbonyl (C=O) groups is 1. The highest BCUT2D eigenvalue weighted by Crippen LogP contribution is 2.30. The van der Waals surface area contributed by atoms with Gasteiger partial charge in [-0.05, 0) is 57.7 Å². The van der Waals surface area contributed by atoms with Crippen LogP contribution in [-0.4, -0.2) is 34.1 Å². The van der Waals surface area contributed by atoms with Gasteiger partial charge in [0.2, 0.25) is 0 Å². The minimum absolute atomic E-state index is 0.124. The second-order valence-electron chi connectivity index (χ2n) is 7.58. The monoisotopic (exact) mass is 345 g/mol. The zero-order chi connectivity index (χ0) is 18.5. The third kappa shape index (κ3) is 6.41. The minimum Gasteiger partial charge on any atom is -0.449 e. The molecule has 136 valence electrons. The number of hydrogen-bond acceptors (Lipinski definition) is 4. The first-order chi connectivity index (χ1) is 11.7. The molecule has 1 amide bonds. The summed E-state index contributed by atoms with van der Waals surface area (Å²) in [5, 5.41) is 23.0. The topological polar surface area (TPSA) is 78.8 Å². The Morgan fingerprint density at radius 3 is 2.72 bits per heavy atom. The molecule has 0 saturated heterocycles. The van der Waals surface area contributed by atoms with Crippen LogP contribution in [0.4, 0.5) is 4.79 Å². The lowest BCUT2D eigenvalue weighted by Crippen LogP contribution is -2.41. The Hall–Kier alpha value is -2.03. The average Bonchev–Trinajstić information content (AvgIpc) is 2.49. The summed E-state index contributed by atoms with van der Waals surface area (Å²) in [5.74, 6) is 5.88. The molecule has 1 atom stereocenters. The molecule has 1 unspecified atom stereocenters. The fourth-order valence-corrected chi connectivity index (χ4v) is 2.42. The van der Waals surface area contributed by atoms with Gasteiger partial charge in [-0.3, -0.25) is 0 Å². The van der Waals surface area contributed by atoms with Gasteiger partial charge in [-0.1, -0.05) is 24.0 Å². The molecule has 0 bridgehead atoms. The normalized spacial score (nSPS) is 16.8. The van der Waals surface area contributed by atoms with Gasteiger partial charge < -0.3 is 20.3 Å². The highest BCUT2D eigenvalue weighted by atomic mass is 16.5. The van der Waals surface area contributed by atoms with Gasteiger partial charge in [-0.25, -0.2) is 4.79 Å². The van der Waals surface area contributed by atoms with Crippen molar-refractivity contribution in [3.05, 3.63) is 35.4 Å². The van der Waals surface area contributed by atoms with Gasteiger partial charge in [0.05, 0.1) is 12.7 Å². The summed E-state index contributed by atoms with van der Waals surface area (Å²) < 4.78 is 5.08. The summed E-state index contributed by atoms with van der Waals surface area (Å²) in [4.78, 5) is 11.6. The summed E-state index contributed by atoms with van der Waals surface area (Å²) in [5.41, 5.74) is 0.270. The quantitative estimate of drug-likeness (QED) is 0.733. The Morgan fingerprint density at radius 2 is 2.12 bits per heavy atom. The van der Waals surface area contributed by atoms with E-state index in [1.807, 2.05) is 39.0 Å². The number of aliphatic hydroxyl groups excluding tert-OH is 1. The predicted octanol–water partition coefficient (Wildman–Crippen LogP) is 2.90. The van der Waals surface area contributed by atoms with Gasteiger partial charge in [0, 0.05) is 17.5 Å². The maximum absolute atomic E-state index is 11.6. The van der Waals surface area contributed by atoms with E-state index in [0.717, 1.165) is 24.8 Å². The number of carbonyl (C=O) groups excluding carboxylic acids is 1. The Morgan fingerprint density at radius 1 is 1.40 bits per heavy atom. The predicted molar refractivity (Wildman–Crippen MR) is 95.9 cm³/mol. The van der Waals surface area contributed by atoms with Crippen molar-refractivity contribution in [2.45, 2.75) is 63.7 Å². The van der Waals surface area contributed by atoms with E-state index in [4.69, 9.17) is 4.74 Å². The molecule has 1 aliphatic rings. The summed E-state index contributed by atoms with van der Waals surface area (Å²) >= 11 is 0. The summed E-state index contributed by atoms with van der Waals surface area (Å²) in [6.45, 7) is 5.74. The zero-order valence-electron chi connectivity index (χ0n) is 15.1. The lowest BCUT2D eigenvalue weighted by molar-refractivity contribution is 0.0239. The van der Waals surface area contributed by atoms with Crippen LogP contribution in [0.5, 0.6) is 0 Å². The van der Waals surface area contributed by atoms with E-state index in [1.165, 1.54) is 0 Å². The van der Waals surface area contributed by atoms with Gasteiger partial charge in [0.15, 0.2) is 0 Å². The van der Waals surface area contributed by atoms with Crippen molar-refractivity contribution in [1.82, 2.24) is 5.32 Å². The van der Waals surface area contributed by atoms with Gasteiger partial charge >= 0.3 is 6.09 Å². The number of hydrogen-bond donors (Lipinski definition) is 3. The van der Waals surface area contributed by atoms with Crippen LogP contribution >= 0.6 is 0 Å². The molecule has 0 aliphatic heterocycles. The van der Waals surface area contributed by atoms with E-state index in [9.17, 15) is 15.0 Å². The highest BCUT2D eigenvalue weighted by molar-refractivity contribution is 5.68. The first-order valence-corrected chi connectivity index (χ1v) is 8.65.